The van der Waals surface area contributed by atoms with Gasteiger partial charge < -0.3 is 19.7 Å². The van der Waals surface area contributed by atoms with Crippen LogP contribution in [0.5, 0.6) is 23.0 Å². The summed E-state index contributed by atoms with van der Waals surface area (Å²) in [5, 5.41) is 19.6. The normalized spacial score (nSPS) is 11.3. The molecule has 0 radical (unpaired) electrons. The SMILES string of the molecule is Oc1cccc(F)c1COc1ccc(/C=C/c2cccc(/C=C/c3ccc(OCc4c(O)cccc4F)cc3)c2)cc1. The zero-order valence-electron chi connectivity index (χ0n) is 22.6. The Morgan fingerprint density at radius 1 is 0.476 bits per heavy atom. The smallest absolute Gasteiger partial charge is 0.133 e. The molecule has 0 amide bonds. The molecule has 0 aliphatic carbocycles. The molecule has 4 nitrogen and oxygen atoms in total. The molecule has 0 saturated carbocycles. The second-order valence-corrected chi connectivity index (χ2v) is 9.53. The second kappa shape index (κ2) is 13.3. The van der Waals surface area contributed by atoms with E-state index in [0.717, 1.165) is 22.3 Å². The predicted molar refractivity (Wildman–Crippen MR) is 162 cm³/mol. The first-order valence-electron chi connectivity index (χ1n) is 13.3. The third kappa shape index (κ3) is 7.43. The lowest BCUT2D eigenvalue weighted by Crippen LogP contribution is -1.98. The molecule has 0 saturated heterocycles. The van der Waals surface area contributed by atoms with Crippen molar-refractivity contribution in [1.29, 1.82) is 0 Å². The van der Waals surface area contributed by atoms with E-state index in [2.05, 4.69) is 6.07 Å². The predicted octanol–water partition coefficient (Wildman–Crippen LogP) is 8.87. The molecule has 210 valence electrons. The molecule has 0 spiro atoms. The van der Waals surface area contributed by atoms with E-state index in [9.17, 15) is 19.0 Å². The Balaban J connectivity index is 1.15. The average Bonchev–Trinajstić information content (AvgIpc) is 3.00. The first-order valence-corrected chi connectivity index (χ1v) is 13.3. The van der Waals surface area contributed by atoms with Gasteiger partial charge in [-0.3, -0.25) is 0 Å². The zero-order chi connectivity index (χ0) is 29.3. The molecule has 0 bridgehead atoms. The molecule has 0 unspecified atom stereocenters. The molecule has 0 aliphatic rings. The van der Waals surface area contributed by atoms with E-state index in [1.54, 1.807) is 24.3 Å². The van der Waals surface area contributed by atoms with Gasteiger partial charge in [0.05, 0.1) is 11.1 Å². The maximum atomic E-state index is 13.9. The van der Waals surface area contributed by atoms with Gasteiger partial charge in [-0.25, -0.2) is 8.78 Å². The Labute approximate surface area is 243 Å². The third-order valence-corrected chi connectivity index (χ3v) is 6.56. The van der Waals surface area contributed by atoms with Gasteiger partial charge >= 0.3 is 0 Å². The van der Waals surface area contributed by atoms with Gasteiger partial charge in [-0.15, -0.1) is 0 Å². The highest BCUT2D eigenvalue weighted by atomic mass is 19.1. The van der Waals surface area contributed by atoms with Gasteiger partial charge in [-0.2, -0.15) is 0 Å². The minimum atomic E-state index is -0.505. The van der Waals surface area contributed by atoms with Crippen molar-refractivity contribution in [3.8, 4) is 23.0 Å². The Morgan fingerprint density at radius 2 is 0.857 bits per heavy atom. The van der Waals surface area contributed by atoms with E-state index in [-0.39, 0.29) is 35.8 Å². The van der Waals surface area contributed by atoms with E-state index < -0.39 is 11.6 Å². The van der Waals surface area contributed by atoms with Crippen LogP contribution in [-0.4, -0.2) is 10.2 Å². The molecule has 5 rings (SSSR count). The molecule has 0 aromatic heterocycles. The van der Waals surface area contributed by atoms with E-state index in [4.69, 9.17) is 9.47 Å². The molecule has 0 fully saturated rings. The van der Waals surface area contributed by atoms with Crippen LogP contribution < -0.4 is 9.47 Å². The molecule has 42 heavy (non-hydrogen) atoms. The molecule has 0 aliphatic heterocycles. The fourth-order valence-corrected chi connectivity index (χ4v) is 4.19. The molecule has 0 atom stereocenters. The van der Waals surface area contributed by atoms with Crippen LogP contribution in [0.25, 0.3) is 24.3 Å². The molecule has 5 aromatic carbocycles. The first-order chi connectivity index (χ1) is 20.4. The summed E-state index contributed by atoms with van der Waals surface area (Å²) in [7, 11) is 0. The summed E-state index contributed by atoms with van der Waals surface area (Å²) in [5.41, 5.74) is 4.27. The zero-order valence-corrected chi connectivity index (χ0v) is 22.6. The van der Waals surface area contributed by atoms with E-state index in [0.29, 0.717) is 11.5 Å². The quantitative estimate of drug-likeness (QED) is 0.167. The monoisotopic (exact) mass is 562 g/mol. The molecule has 0 heterocycles. The number of phenolic OH excluding ortho intramolecular Hbond substituents is 2. The van der Waals surface area contributed by atoms with Gasteiger partial charge in [-0.05, 0) is 76.9 Å². The maximum absolute atomic E-state index is 13.9. The maximum Gasteiger partial charge on any atom is 0.133 e. The van der Waals surface area contributed by atoms with Gasteiger partial charge in [0.1, 0.15) is 47.8 Å². The van der Waals surface area contributed by atoms with Crippen molar-refractivity contribution >= 4 is 24.3 Å². The van der Waals surface area contributed by atoms with Crippen molar-refractivity contribution in [3.63, 3.8) is 0 Å². The summed E-state index contributed by atoms with van der Waals surface area (Å²) in [4.78, 5) is 0. The van der Waals surface area contributed by atoms with Gasteiger partial charge in [0, 0.05) is 0 Å². The van der Waals surface area contributed by atoms with E-state index >= 15 is 0 Å². The largest absolute Gasteiger partial charge is 0.507 e. The highest BCUT2D eigenvalue weighted by molar-refractivity contribution is 5.74. The molecular weight excluding hydrogens is 534 g/mol. The fraction of sp³-hybridized carbons (Fsp3) is 0.0556. The first kappa shape index (κ1) is 28.2. The van der Waals surface area contributed by atoms with Crippen LogP contribution in [0, 0.1) is 11.6 Å². The highest BCUT2D eigenvalue weighted by Crippen LogP contribution is 2.24. The number of rotatable bonds is 10. The van der Waals surface area contributed by atoms with Crippen molar-refractivity contribution in [3.05, 3.63) is 154 Å². The summed E-state index contributed by atoms with van der Waals surface area (Å²) in [6.07, 6.45) is 8.03. The number of phenols is 2. The Kier molecular flexibility index (Phi) is 8.94. The molecule has 2 N–H and O–H groups in total. The Bertz CT molecular complexity index is 1540. The fourth-order valence-electron chi connectivity index (χ4n) is 4.19. The summed E-state index contributed by atoms with van der Waals surface area (Å²) >= 11 is 0. The van der Waals surface area contributed by atoms with Crippen molar-refractivity contribution in [2.75, 3.05) is 0 Å². The number of ether oxygens (including phenoxy) is 2. The van der Waals surface area contributed by atoms with E-state index in [1.807, 2.05) is 66.8 Å². The topological polar surface area (TPSA) is 58.9 Å². The number of hydrogen-bond donors (Lipinski definition) is 2. The Hall–Kier alpha value is -5.36. The second-order valence-electron chi connectivity index (χ2n) is 9.53. The van der Waals surface area contributed by atoms with E-state index in [1.165, 1.54) is 36.4 Å². The number of aromatic hydroxyl groups is 2. The standard InChI is InChI=1S/C36H28F2O4/c37-33-6-2-8-35(39)31(33)23-41-29-18-14-25(15-19-29)10-12-27-4-1-5-28(22-27)13-11-26-16-20-30(21-17-26)42-24-32-34(38)7-3-9-36(32)40/h1-22,39-40H,23-24H2/b12-10+,13-11+. The minimum Gasteiger partial charge on any atom is -0.507 e. The summed E-state index contributed by atoms with van der Waals surface area (Å²) in [5.74, 6) is -0.119. The summed E-state index contributed by atoms with van der Waals surface area (Å²) < 4.78 is 39.0. The summed E-state index contributed by atoms with van der Waals surface area (Å²) in [6.45, 7) is -0.125. The van der Waals surface area contributed by atoms with Crippen LogP contribution in [-0.2, 0) is 13.2 Å². The molecule has 6 heteroatoms. The third-order valence-electron chi connectivity index (χ3n) is 6.56. The van der Waals surface area contributed by atoms with Crippen LogP contribution in [0.15, 0.2) is 109 Å². The number of hydrogen-bond acceptors (Lipinski definition) is 4. The van der Waals surface area contributed by atoms with Crippen molar-refractivity contribution in [1.82, 2.24) is 0 Å². The van der Waals surface area contributed by atoms with Crippen LogP contribution in [0.1, 0.15) is 33.4 Å². The van der Waals surface area contributed by atoms with Crippen LogP contribution in [0.3, 0.4) is 0 Å². The molecular formula is C36H28F2O4. The lowest BCUT2D eigenvalue weighted by Gasteiger charge is -2.09. The Morgan fingerprint density at radius 3 is 1.26 bits per heavy atom. The van der Waals surface area contributed by atoms with Crippen LogP contribution in [0.2, 0.25) is 0 Å². The van der Waals surface area contributed by atoms with Crippen molar-refractivity contribution in [2.24, 2.45) is 0 Å². The minimum absolute atomic E-state index is 0.0627. The summed E-state index contributed by atoms with van der Waals surface area (Å²) in [6, 6.07) is 31.3. The van der Waals surface area contributed by atoms with Gasteiger partial charge in [-0.1, -0.05) is 78.9 Å². The lowest BCUT2D eigenvalue weighted by molar-refractivity contribution is 0.291. The average molecular weight is 563 g/mol. The number of halogens is 2. The van der Waals surface area contributed by atoms with Crippen molar-refractivity contribution in [2.45, 2.75) is 13.2 Å². The van der Waals surface area contributed by atoms with Gasteiger partial charge in [0.2, 0.25) is 0 Å². The molecule has 5 aromatic rings. The number of benzene rings is 5. The lowest BCUT2D eigenvalue weighted by atomic mass is 10.1. The van der Waals surface area contributed by atoms with Crippen molar-refractivity contribution < 1.29 is 28.5 Å². The van der Waals surface area contributed by atoms with Gasteiger partial charge in [0.25, 0.3) is 0 Å². The van der Waals surface area contributed by atoms with Gasteiger partial charge in [0.15, 0.2) is 0 Å². The van der Waals surface area contributed by atoms with Crippen LogP contribution >= 0.6 is 0 Å². The van der Waals surface area contributed by atoms with Crippen LogP contribution in [0.4, 0.5) is 8.78 Å². The highest BCUT2D eigenvalue weighted by Gasteiger charge is 2.09.